The Kier molecular flexibility index (Phi) is 7.86. The Labute approximate surface area is 189 Å². The number of hydrogen-bond donors (Lipinski definition) is 2. The predicted molar refractivity (Wildman–Crippen MR) is 127 cm³/mol. The summed E-state index contributed by atoms with van der Waals surface area (Å²) in [4.78, 5) is 19.0. The zero-order valence-electron chi connectivity index (χ0n) is 18.4. The van der Waals surface area contributed by atoms with Gasteiger partial charge in [0, 0.05) is 49.5 Å². The molecule has 0 amide bonds. The standard InChI is InChI=1S/C23H33N7S/c1-18-15-26-23(31-18)28-22-14-20(13-21(27-22)12-19-4-3-5-25-16-19)17-30-10-8-29(9-11-30)7-6-24-2/h13-15,19,25H,3-12,16-17H2,1H3,(H,26,27,28)/t19-/m1/s1. The van der Waals surface area contributed by atoms with E-state index < -0.39 is 0 Å². The van der Waals surface area contributed by atoms with E-state index in [0.29, 0.717) is 12.5 Å². The Balaban J connectivity index is 1.44. The summed E-state index contributed by atoms with van der Waals surface area (Å²) in [5.41, 5.74) is 2.50. The van der Waals surface area contributed by atoms with E-state index in [1.807, 2.05) is 6.20 Å². The second-order valence-corrected chi connectivity index (χ2v) is 9.90. The van der Waals surface area contributed by atoms with Crippen molar-refractivity contribution in [3.8, 4) is 0 Å². The first-order chi connectivity index (χ1) is 15.2. The molecule has 7 nitrogen and oxygen atoms in total. The second-order valence-electron chi connectivity index (χ2n) is 8.67. The molecular formula is C23H33N7S. The van der Waals surface area contributed by atoms with Crippen molar-refractivity contribution in [2.45, 2.75) is 32.7 Å². The van der Waals surface area contributed by atoms with Gasteiger partial charge in [0.05, 0.1) is 6.54 Å². The number of rotatable bonds is 8. The molecule has 2 aromatic heterocycles. The van der Waals surface area contributed by atoms with Crippen molar-refractivity contribution in [2.24, 2.45) is 5.92 Å². The van der Waals surface area contributed by atoms with Crippen LogP contribution in [0.15, 0.2) is 18.3 Å². The number of anilines is 2. The first-order valence-corrected chi connectivity index (χ1v) is 12.2. The predicted octanol–water partition coefficient (Wildman–Crippen LogP) is 3.17. The van der Waals surface area contributed by atoms with Gasteiger partial charge in [0.25, 0.3) is 0 Å². The first kappa shape index (κ1) is 22.2. The van der Waals surface area contributed by atoms with Gasteiger partial charge in [0.15, 0.2) is 5.13 Å². The van der Waals surface area contributed by atoms with E-state index in [-0.39, 0.29) is 0 Å². The van der Waals surface area contributed by atoms with Crippen LogP contribution in [-0.4, -0.2) is 72.1 Å². The molecule has 2 aliphatic heterocycles. The maximum atomic E-state index is 6.99. The molecule has 8 heteroatoms. The number of aryl methyl sites for hydroxylation is 1. The van der Waals surface area contributed by atoms with Crippen molar-refractivity contribution in [3.05, 3.63) is 45.9 Å². The smallest absolute Gasteiger partial charge is 0.227 e. The maximum Gasteiger partial charge on any atom is 0.227 e. The zero-order chi connectivity index (χ0) is 21.5. The third kappa shape index (κ3) is 6.71. The van der Waals surface area contributed by atoms with Crippen LogP contribution >= 0.6 is 11.3 Å². The van der Waals surface area contributed by atoms with E-state index >= 15 is 0 Å². The summed E-state index contributed by atoms with van der Waals surface area (Å²) in [5, 5.41) is 7.87. The van der Waals surface area contributed by atoms with Gasteiger partial charge >= 0.3 is 0 Å². The van der Waals surface area contributed by atoms with Crippen molar-refractivity contribution in [1.29, 1.82) is 0 Å². The maximum absolute atomic E-state index is 6.99. The van der Waals surface area contributed by atoms with Crippen LogP contribution in [-0.2, 0) is 13.0 Å². The van der Waals surface area contributed by atoms with Gasteiger partial charge in [-0.15, -0.1) is 11.3 Å². The highest BCUT2D eigenvalue weighted by molar-refractivity contribution is 7.15. The Morgan fingerprint density at radius 2 is 2.10 bits per heavy atom. The Morgan fingerprint density at radius 1 is 1.26 bits per heavy atom. The van der Waals surface area contributed by atoms with Crippen LogP contribution in [0.25, 0.3) is 4.85 Å². The van der Waals surface area contributed by atoms with E-state index in [2.05, 4.69) is 49.3 Å². The summed E-state index contributed by atoms with van der Waals surface area (Å²) in [6.45, 7) is 17.9. The fourth-order valence-corrected chi connectivity index (χ4v) is 5.12. The van der Waals surface area contributed by atoms with Gasteiger partial charge in [-0.1, -0.05) is 0 Å². The van der Waals surface area contributed by atoms with Crippen LogP contribution in [0.3, 0.4) is 0 Å². The molecule has 0 spiro atoms. The lowest BCUT2D eigenvalue weighted by molar-refractivity contribution is 0.131. The Hall–Kier alpha value is -2.05. The number of thiazole rings is 1. The molecule has 0 radical (unpaired) electrons. The van der Waals surface area contributed by atoms with Crippen LogP contribution < -0.4 is 10.6 Å². The largest absolute Gasteiger partial charge is 0.316 e. The summed E-state index contributed by atoms with van der Waals surface area (Å²) >= 11 is 1.66. The molecule has 2 fully saturated rings. The van der Waals surface area contributed by atoms with Crippen LogP contribution in [0.2, 0.25) is 0 Å². The second kappa shape index (κ2) is 11.0. The number of hydrogen-bond acceptors (Lipinski definition) is 7. The third-order valence-corrected chi connectivity index (χ3v) is 6.92. The normalized spacial score (nSPS) is 20.5. The van der Waals surface area contributed by atoms with E-state index in [1.165, 1.54) is 29.0 Å². The molecule has 2 saturated heterocycles. The van der Waals surface area contributed by atoms with Gasteiger partial charge in [-0.05, 0) is 62.9 Å². The molecule has 0 aromatic carbocycles. The van der Waals surface area contributed by atoms with Crippen LogP contribution in [0.1, 0.15) is 29.0 Å². The quantitative estimate of drug-likeness (QED) is 0.616. The van der Waals surface area contributed by atoms with E-state index in [4.69, 9.17) is 11.6 Å². The van der Waals surface area contributed by atoms with Crippen molar-refractivity contribution in [1.82, 2.24) is 25.1 Å². The first-order valence-electron chi connectivity index (χ1n) is 11.4. The summed E-state index contributed by atoms with van der Waals surface area (Å²) in [6, 6.07) is 4.49. The summed E-state index contributed by atoms with van der Waals surface area (Å²) in [7, 11) is 0. The highest BCUT2D eigenvalue weighted by atomic mass is 32.1. The van der Waals surface area contributed by atoms with E-state index in [9.17, 15) is 0 Å². The minimum Gasteiger partial charge on any atom is -0.316 e. The molecule has 2 N–H and O–H groups in total. The SMILES string of the molecule is [C-]#[N+]CCN1CCN(Cc2cc(C[C@H]3CCCNC3)nc(Nc3ncc(C)s3)c2)CC1. The molecule has 4 heterocycles. The molecule has 1 atom stereocenters. The zero-order valence-corrected chi connectivity index (χ0v) is 19.3. The van der Waals surface area contributed by atoms with Gasteiger partial charge in [-0.3, -0.25) is 9.80 Å². The van der Waals surface area contributed by atoms with Crippen molar-refractivity contribution >= 4 is 22.3 Å². The highest BCUT2D eigenvalue weighted by Crippen LogP contribution is 2.24. The van der Waals surface area contributed by atoms with E-state index in [1.54, 1.807) is 11.3 Å². The molecule has 0 saturated carbocycles. The average molecular weight is 440 g/mol. The lowest BCUT2D eigenvalue weighted by atomic mass is 9.94. The lowest BCUT2D eigenvalue weighted by Gasteiger charge is -2.33. The van der Waals surface area contributed by atoms with Gasteiger partial charge in [0.1, 0.15) is 5.82 Å². The molecule has 2 aromatic rings. The van der Waals surface area contributed by atoms with Crippen LogP contribution in [0.4, 0.5) is 10.9 Å². The average Bonchev–Trinajstić information content (AvgIpc) is 3.18. The highest BCUT2D eigenvalue weighted by Gasteiger charge is 2.19. The number of pyridine rings is 1. The minimum atomic E-state index is 0.606. The summed E-state index contributed by atoms with van der Waals surface area (Å²) in [6.07, 6.45) is 5.46. The fraction of sp³-hybridized carbons (Fsp3) is 0.609. The molecular weight excluding hydrogens is 406 g/mol. The number of aromatic nitrogens is 2. The number of piperidine rings is 1. The van der Waals surface area contributed by atoms with Crippen molar-refractivity contribution < 1.29 is 0 Å². The van der Waals surface area contributed by atoms with Gasteiger partial charge in [-0.25, -0.2) is 16.5 Å². The molecule has 2 aliphatic rings. The van der Waals surface area contributed by atoms with Gasteiger partial charge in [-0.2, -0.15) is 0 Å². The monoisotopic (exact) mass is 439 g/mol. The number of piperazine rings is 1. The number of nitrogens with one attached hydrogen (secondary N) is 2. The lowest BCUT2D eigenvalue weighted by Crippen LogP contribution is -2.46. The molecule has 0 aliphatic carbocycles. The molecule has 4 rings (SSSR count). The topological polar surface area (TPSA) is 60.7 Å². The molecule has 0 unspecified atom stereocenters. The number of nitrogens with zero attached hydrogens (tertiary/aromatic N) is 5. The molecule has 166 valence electrons. The van der Waals surface area contributed by atoms with Crippen molar-refractivity contribution in [2.75, 3.05) is 57.7 Å². The van der Waals surface area contributed by atoms with Crippen LogP contribution in [0.5, 0.6) is 0 Å². The molecule has 0 bridgehead atoms. The van der Waals surface area contributed by atoms with Gasteiger partial charge < -0.3 is 15.5 Å². The Bertz CT molecular complexity index is 876. The summed E-state index contributed by atoms with van der Waals surface area (Å²) in [5.74, 6) is 1.57. The van der Waals surface area contributed by atoms with E-state index in [0.717, 1.165) is 69.7 Å². The van der Waals surface area contributed by atoms with Crippen molar-refractivity contribution in [3.63, 3.8) is 0 Å². The van der Waals surface area contributed by atoms with Crippen LogP contribution in [0, 0.1) is 19.4 Å². The minimum absolute atomic E-state index is 0.606. The molecule has 31 heavy (non-hydrogen) atoms. The van der Waals surface area contributed by atoms with Gasteiger partial charge in [0.2, 0.25) is 6.54 Å². The third-order valence-electron chi connectivity index (χ3n) is 6.09. The summed E-state index contributed by atoms with van der Waals surface area (Å²) < 4.78 is 0. The fourth-order valence-electron chi connectivity index (χ4n) is 4.45. The Morgan fingerprint density at radius 3 is 2.81 bits per heavy atom.